The minimum absolute atomic E-state index is 0.0440. The minimum Gasteiger partial charge on any atom is -0.368 e. The molecule has 58 valence electrons. The number of ketones is 1. The molecule has 1 aliphatic rings. The predicted octanol–water partition coefficient (Wildman–Crippen LogP) is 0.176. The van der Waals surface area contributed by atoms with Crippen LogP contribution in [-0.2, 0) is 9.53 Å². The first kappa shape index (κ1) is 7.69. The summed E-state index contributed by atoms with van der Waals surface area (Å²) in [5, 5.41) is 9.04. The fourth-order valence-corrected chi connectivity index (χ4v) is 1.19. The van der Waals surface area contributed by atoms with Gasteiger partial charge in [0.2, 0.25) is 0 Å². The first-order chi connectivity index (χ1) is 4.63. The van der Waals surface area contributed by atoms with Crippen molar-refractivity contribution in [3.05, 3.63) is 0 Å². The molecule has 3 heteroatoms. The highest BCUT2D eigenvalue weighted by atomic mass is 16.6. The van der Waals surface area contributed by atoms with Crippen LogP contribution in [0.15, 0.2) is 0 Å². The van der Waals surface area contributed by atoms with Gasteiger partial charge in [-0.05, 0) is 6.92 Å². The second-order valence-corrected chi connectivity index (χ2v) is 2.80. The number of rotatable bonds is 1. The third kappa shape index (κ3) is 1.20. The fraction of sp³-hybridized carbons (Fsp3) is 0.857. The van der Waals surface area contributed by atoms with Gasteiger partial charge in [-0.1, -0.05) is 6.92 Å². The highest BCUT2D eigenvalue weighted by Gasteiger charge is 2.34. The lowest BCUT2D eigenvalue weighted by atomic mass is 9.94. The van der Waals surface area contributed by atoms with Crippen LogP contribution < -0.4 is 0 Å². The third-order valence-corrected chi connectivity index (χ3v) is 2.05. The Balaban J connectivity index is 2.57. The molecule has 0 aromatic heterocycles. The summed E-state index contributed by atoms with van der Waals surface area (Å²) in [6.07, 6.45) is -0.742. The van der Waals surface area contributed by atoms with E-state index in [1.807, 2.05) is 6.92 Å². The van der Waals surface area contributed by atoms with Gasteiger partial charge in [0.05, 0.1) is 6.61 Å². The van der Waals surface area contributed by atoms with Crippen LogP contribution in [0.2, 0.25) is 0 Å². The highest BCUT2D eigenvalue weighted by Crippen LogP contribution is 2.25. The Labute approximate surface area is 60.0 Å². The van der Waals surface area contributed by atoms with E-state index in [4.69, 9.17) is 9.84 Å². The molecule has 0 radical (unpaired) electrons. The molecular weight excluding hydrogens is 132 g/mol. The van der Waals surface area contributed by atoms with Gasteiger partial charge in [0.25, 0.3) is 0 Å². The van der Waals surface area contributed by atoms with E-state index < -0.39 is 6.29 Å². The van der Waals surface area contributed by atoms with Crippen molar-refractivity contribution in [2.24, 2.45) is 11.8 Å². The van der Waals surface area contributed by atoms with Crippen molar-refractivity contribution in [1.82, 2.24) is 0 Å². The molecule has 1 unspecified atom stereocenters. The van der Waals surface area contributed by atoms with Crippen molar-refractivity contribution >= 4 is 5.78 Å². The number of carbonyl (C=O) groups excluding carboxylic acids is 1. The Kier molecular flexibility index (Phi) is 2.06. The van der Waals surface area contributed by atoms with Crippen molar-refractivity contribution in [1.29, 1.82) is 0 Å². The van der Waals surface area contributed by atoms with Gasteiger partial charge in [-0.3, -0.25) is 4.79 Å². The van der Waals surface area contributed by atoms with E-state index in [2.05, 4.69) is 0 Å². The van der Waals surface area contributed by atoms with Crippen molar-refractivity contribution in [3.63, 3.8) is 0 Å². The first-order valence-corrected chi connectivity index (χ1v) is 3.43. The average molecular weight is 144 g/mol. The topological polar surface area (TPSA) is 46.5 Å². The lowest BCUT2D eigenvalue weighted by molar-refractivity contribution is -0.121. The minimum atomic E-state index is -0.742. The maximum absolute atomic E-state index is 10.8. The smallest absolute Gasteiger partial charge is 0.157 e. The van der Waals surface area contributed by atoms with Crippen molar-refractivity contribution in [2.75, 3.05) is 6.61 Å². The van der Waals surface area contributed by atoms with Gasteiger partial charge in [-0.15, -0.1) is 0 Å². The van der Waals surface area contributed by atoms with E-state index >= 15 is 0 Å². The summed E-state index contributed by atoms with van der Waals surface area (Å²) in [6, 6.07) is 0. The Morgan fingerprint density at radius 2 is 2.30 bits per heavy atom. The molecule has 0 saturated carbocycles. The molecule has 1 saturated heterocycles. The number of hydrogen-bond acceptors (Lipinski definition) is 3. The molecule has 0 aromatic carbocycles. The SMILES string of the molecule is CC(=O)[C@@H]1COC(O)[C@H]1C. The quantitative estimate of drug-likeness (QED) is 0.571. The standard InChI is InChI=1S/C7H12O3/c1-4-6(5(2)8)3-10-7(4)9/h4,6-7,9H,3H2,1-2H3/t4-,6+,7?/m0/s1. The van der Waals surface area contributed by atoms with Gasteiger partial charge in [0, 0.05) is 11.8 Å². The molecule has 3 atom stereocenters. The van der Waals surface area contributed by atoms with Crippen LogP contribution in [0.1, 0.15) is 13.8 Å². The lowest BCUT2D eigenvalue weighted by Gasteiger charge is -2.10. The van der Waals surface area contributed by atoms with Crippen LogP contribution in [0, 0.1) is 11.8 Å². The van der Waals surface area contributed by atoms with Crippen molar-refractivity contribution < 1.29 is 14.6 Å². The molecule has 1 N–H and O–H groups in total. The maximum atomic E-state index is 10.8. The molecule has 10 heavy (non-hydrogen) atoms. The van der Waals surface area contributed by atoms with Crippen LogP contribution in [0.3, 0.4) is 0 Å². The Morgan fingerprint density at radius 3 is 2.50 bits per heavy atom. The lowest BCUT2D eigenvalue weighted by Crippen LogP contribution is -2.21. The largest absolute Gasteiger partial charge is 0.368 e. The zero-order valence-electron chi connectivity index (χ0n) is 6.20. The van der Waals surface area contributed by atoms with E-state index in [-0.39, 0.29) is 17.6 Å². The number of ether oxygens (including phenoxy) is 1. The van der Waals surface area contributed by atoms with Crippen LogP contribution in [0.25, 0.3) is 0 Å². The molecule has 0 aromatic rings. The molecule has 1 fully saturated rings. The van der Waals surface area contributed by atoms with Crippen molar-refractivity contribution in [2.45, 2.75) is 20.1 Å². The number of carbonyl (C=O) groups is 1. The van der Waals surface area contributed by atoms with Gasteiger partial charge < -0.3 is 9.84 Å². The molecule has 0 spiro atoms. The van der Waals surface area contributed by atoms with Crippen molar-refractivity contribution in [3.8, 4) is 0 Å². The number of aliphatic hydroxyl groups is 1. The van der Waals surface area contributed by atoms with Crippen LogP contribution in [0.5, 0.6) is 0 Å². The summed E-state index contributed by atoms with van der Waals surface area (Å²) in [4.78, 5) is 10.8. The summed E-state index contributed by atoms with van der Waals surface area (Å²) in [5.41, 5.74) is 0. The third-order valence-electron chi connectivity index (χ3n) is 2.05. The Hall–Kier alpha value is -0.410. The predicted molar refractivity (Wildman–Crippen MR) is 35.3 cm³/mol. The van der Waals surface area contributed by atoms with Crippen LogP contribution >= 0.6 is 0 Å². The second kappa shape index (κ2) is 2.68. The van der Waals surface area contributed by atoms with Gasteiger partial charge in [0.1, 0.15) is 5.78 Å². The summed E-state index contributed by atoms with van der Waals surface area (Å²) < 4.78 is 4.87. The van der Waals surface area contributed by atoms with E-state index in [1.165, 1.54) is 6.92 Å². The number of Topliss-reactive ketones (excluding diaryl/α,β-unsaturated/α-hetero) is 1. The summed E-state index contributed by atoms with van der Waals surface area (Å²) >= 11 is 0. The van der Waals surface area contributed by atoms with Gasteiger partial charge in [-0.25, -0.2) is 0 Å². The molecule has 1 rings (SSSR count). The van der Waals surface area contributed by atoms with E-state index in [0.29, 0.717) is 6.61 Å². The molecule has 0 bridgehead atoms. The maximum Gasteiger partial charge on any atom is 0.157 e. The molecule has 0 amide bonds. The summed E-state index contributed by atoms with van der Waals surface area (Å²) in [7, 11) is 0. The molecule has 0 aliphatic carbocycles. The second-order valence-electron chi connectivity index (χ2n) is 2.80. The van der Waals surface area contributed by atoms with Gasteiger partial charge in [0.15, 0.2) is 6.29 Å². The zero-order valence-corrected chi connectivity index (χ0v) is 6.20. The first-order valence-electron chi connectivity index (χ1n) is 3.43. The van der Waals surface area contributed by atoms with E-state index in [9.17, 15) is 4.79 Å². The summed E-state index contributed by atoms with van der Waals surface area (Å²) in [6.45, 7) is 3.73. The highest BCUT2D eigenvalue weighted by molar-refractivity contribution is 5.78. The van der Waals surface area contributed by atoms with Crippen LogP contribution in [-0.4, -0.2) is 23.8 Å². The number of hydrogen-bond donors (Lipinski definition) is 1. The van der Waals surface area contributed by atoms with Crippen LogP contribution in [0.4, 0.5) is 0 Å². The molecular formula is C7H12O3. The van der Waals surface area contributed by atoms with Gasteiger partial charge in [-0.2, -0.15) is 0 Å². The zero-order chi connectivity index (χ0) is 7.72. The normalized spacial score (nSPS) is 40.1. The number of aliphatic hydroxyl groups excluding tert-OH is 1. The Bertz CT molecular complexity index is 144. The molecule has 1 heterocycles. The summed E-state index contributed by atoms with van der Waals surface area (Å²) in [5.74, 6) is -0.0449. The average Bonchev–Trinajstić information content (AvgIpc) is 2.14. The van der Waals surface area contributed by atoms with E-state index in [1.54, 1.807) is 0 Å². The van der Waals surface area contributed by atoms with E-state index in [0.717, 1.165) is 0 Å². The fourth-order valence-electron chi connectivity index (χ4n) is 1.19. The molecule has 1 aliphatic heterocycles. The monoisotopic (exact) mass is 144 g/mol. The molecule has 3 nitrogen and oxygen atoms in total. The van der Waals surface area contributed by atoms with Gasteiger partial charge >= 0.3 is 0 Å². The Morgan fingerprint density at radius 1 is 1.70 bits per heavy atom.